The molecule has 1 aromatic carbocycles. The van der Waals surface area contributed by atoms with Crippen molar-refractivity contribution in [1.29, 1.82) is 0 Å². The Morgan fingerprint density at radius 3 is 2.43 bits per heavy atom. The van der Waals surface area contributed by atoms with Crippen molar-refractivity contribution in [2.45, 2.75) is 64.5 Å². The number of carbonyl (C=O) groups is 2. The molecule has 0 aliphatic carbocycles. The molecule has 1 N–H and O–H groups in total. The fourth-order valence-electron chi connectivity index (χ4n) is 3.46. The van der Waals surface area contributed by atoms with E-state index in [1.54, 1.807) is 0 Å². The zero-order chi connectivity index (χ0) is 20.9. The maximum absolute atomic E-state index is 12.7. The molecule has 1 aliphatic rings. The quantitative estimate of drug-likeness (QED) is 0.767. The molecule has 2 rings (SSSR count). The van der Waals surface area contributed by atoms with Crippen LogP contribution in [0.1, 0.15) is 39.2 Å². The van der Waals surface area contributed by atoms with Crippen LogP contribution in [0.3, 0.4) is 0 Å². The van der Waals surface area contributed by atoms with Gasteiger partial charge in [-0.05, 0) is 39.2 Å². The van der Waals surface area contributed by atoms with Gasteiger partial charge in [-0.2, -0.15) is 13.2 Å². The predicted octanol–water partition coefficient (Wildman–Crippen LogP) is 2.96. The van der Waals surface area contributed by atoms with Crippen LogP contribution in [0.25, 0.3) is 0 Å². The number of rotatable bonds is 7. The molecule has 0 radical (unpaired) electrons. The van der Waals surface area contributed by atoms with Crippen LogP contribution in [-0.2, 0) is 16.1 Å². The van der Waals surface area contributed by atoms with E-state index in [0.29, 0.717) is 24.4 Å². The first-order valence-corrected chi connectivity index (χ1v) is 9.55. The fraction of sp³-hybridized carbons (Fsp3) is 0.600. The van der Waals surface area contributed by atoms with Crippen LogP contribution < -0.4 is 5.32 Å². The van der Waals surface area contributed by atoms with Gasteiger partial charge in [-0.15, -0.1) is 0 Å². The Morgan fingerprint density at radius 1 is 1.21 bits per heavy atom. The molecular weight excluding hydrogens is 371 g/mol. The number of carbonyl (C=O) groups excluding carboxylic acids is 2. The van der Waals surface area contributed by atoms with Crippen molar-refractivity contribution in [3.05, 3.63) is 35.9 Å². The molecule has 0 aromatic heterocycles. The number of nitrogens with zero attached hydrogens (tertiary/aromatic N) is 2. The number of nitrogens with one attached hydrogen (secondary N) is 1. The van der Waals surface area contributed by atoms with E-state index < -0.39 is 24.0 Å². The molecule has 0 saturated carbocycles. The normalized spacial score (nSPS) is 18.6. The van der Waals surface area contributed by atoms with E-state index >= 15 is 0 Å². The number of halogens is 3. The van der Waals surface area contributed by atoms with Crippen LogP contribution in [0, 0.1) is 0 Å². The molecule has 156 valence electrons. The highest BCUT2D eigenvalue weighted by Crippen LogP contribution is 2.25. The largest absolute Gasteiger partial charge is 0.471 e. The zero-order valence-electron chi connectivity index (χ0n) is 16.5. The monoisotopic (exact) mass is 399 g/mol. The lowest BCUT2D eigenvalue weighted by molar-refractivity contribution is -0.186. The second kappa shape index (κ2) is 9.41. The molecule has 2 atom stereocenters. The number of benzene rings is 1. The minimum atomic E-state index is -4.96. The Bertz CT molecular complexity index is 664. The molecule has 1 aromatic rings. The van der Waals surface area contributed by atoms with Crippen molar-refractivity contribution in [2.24, 2.45) is 0 Å². The number of hydrogen-bond donors (Lipinski definition) is 1. The summed E-state index contributed by atoms with van der Waals surface area (Å²) in [6, 6.07) is 8.84. The van der Waals surface area contributed by atoms with Gasteiger partial charge in [0.1, 0.15) is 6.04 Å². The average molecular weight is 399 g/mol. The van der Waals surface area contributed by atoms with Crippen molar-refractivity contribution >= 4 is 11.8 Å². The molecule has 2 unspecified atom stereocenters. The summed E-state index contributed by atoms with van der Waals surface area (Å²) in [5.41, 5.74) is 1.15. The van der Waals surface area contributed by atoms with Crippen molar-refractivity contribution in [3.8, 4) is 0 Å². The van der Waals surface area contributed by atoms with Crippen LogP contribution in [0.15, 0.2) is 30.3 Å². The molecular formula is C20H28F3N3O2. The van der Waals surface area contributed by atoms with Gasteiger partial charge in [-0.3, -0.25) is 14.5 Å². The molecule has 8 heteroatoms. The summed E-state index contributed by atoms with van der Waals surface area (Å²) >= 11 is 0. The minimum absolute atomic E-state index is 0.0447. The summed E-state index contributed by atoms with van der Waals surface area (Å²) in [5, 5.41) is 2.79. The number of amides is 2. The minimum Gasteiger partial charge on any atom is -0.351 e. The standard InChI is InChI=1S/C20H28F3N3O2/c1-14(2)25(13-16-8-5-4-6-9-16)12-15(3)24-18(27)17-10-7-11-26(17)19(28)20(21,22)23/h4-6,8-9,14-15,17H,7,10-13H2,1-3H3,(H,24,27). The van der Waals surface area contributed by atoms with E-state index in [1.807, 2.05) is 37.3 Å². The first-order valence-electron chi connectivity index (χ1n) is 9.55. The van der Waals surface area contributed by atoms with Crippen LogP contribution >= 0.6 is 0 Å². The van der Waals surface area contributed by atoms with E-state index in [2.05, 4.69) is 24.1 Å². The van der Waals surface area contributed by atoms with Gasteiger partial charge < -0.3 is 10.2 Å². The molecule has 1 saturated heterocycles. The summed E-state index contributed by atoms with van der Waals surface area (Å²) in [4.78, 5) is 26.9. The third-order valence-corrected chi connectivity index (χ3v) is 4.91. The van der Waals surface area contributed by atoms with Crippen LogP contribution in [0.5, 0.6) is 0 Å². The van der Waals surface area contributed by atoms with Gasteiger partial charge in [-0.1, -0.05) is 30.3 Å². The van der Waals surface area contributed by atoms with Gasteiger partial charge in [0.2, 0.25) is 5.91 Å². The van der Waals surface area contributed by atoms with Crippen molar-refractivity contribution < 1.29 is 22.8 Å². The second-order valence-corrected chi connectivity index (χ2v) is 7.57. The Morgan fingerprint density at radius 2 is 1.86 bits per heavy atom. The summed E-state index contributed by atoms with van der Waals surface area (Å²) in [5.74, 6) is -2.46. The molecule has 1 aliphatic heterocycles. The van der Waals surface area contributed by atoms with Gasteiger partial charge >= 0.3 is 12.1 Å². The maximum atomic E-state index is 12.7. The molecule has 2 amide bonds. The van der Waals surface area contributed by atoms with Crippen molar-refractivity contribution in [2.75, 3.05) is 13.1 Å². The smallest absolute Gasteiger partial charge is 0.351 e. The van der Waals surface area contributed by atoms with Crippen molar-refractivity contribution in [1.82, 2.24) is 15.1 Å². The fourth-order valence-corrected chi connectivity index (χ4v) is 3.46. The Balaban J connectivity index is 1.95. The van der Waals surface area contributed by atoms with Gasteiger partial charge in [0.25, 0.3) is 0 Å². The van der Waals surface area contributed by atoms with E-state index in [4.69, 9.17) is 0 Å². The number of hydrogen-bond acceptors (Lipinski definition) is 3. The van der Waals surface area contributed by atoms with Gasteiger partial charge in [0.05, 0.1) is 0 Å². The molecule has 5 nitrogen and oxygen atoms in total. The molecule has 1 heterocycles. The summed E-state index contributed by atoms with van der Waals surface area (Å²) < 4.78 is 38.2. The van der Waals surface area contributed by atoms with Crippen LogP contribution in [0.4, 0.5) is 13.2 Å². The Labute approximate surface area is 163 Å². The first-order chi connectivity index (χ1) is 13.1. The van der Waals surface area contributed by atoms with Crippen LogP contribution in [-0.4, -0.2) is 59.0 Å². The molecule has 0 bridgehead atoms. The van der Waals surface area contributed by atoms with E-state index in [9.17, 15) is 22.8 Å². The highest BCUT2D eigenvalue weighted by atomic mass is 19.4. The van der Waals surface area contributed by atoms with Crippen LogP contribution in [0.2, 0.25) is 0 Å². The number of likely N-dealkylation sites (tertiary alicyclic amines) is 1. The highest BCUT2D eigenvalue weighted by Gasteiger charge is 2.47. The van der Waals surface area contributed by atoms with Gasteiger partial charge in [0, 0.05) is 31.7 Å². The lowest BCUT2D eigenvalue weighted by Gasteiger charge is -2.31. The third-order valence-electron chi connectivity index (χ3n) is 4.91. The lowest BCUT2D eigenvalue weighted by atomic mass is 10.1. The summed E-state index contributed by atoms with van der Waals surface area (Å²) in [6.07, 6.45) is -4.32. The van der Waals surface area contributed by atoms with E-state index in [-0.39, 0.29) is 25.0 Å². The highest BCUT2D eigenvalue weighted by molar-refractivity contribution is 5.90. The molecule has 0 spiro atoms. The predicted molar refractivity (Wildman–Crippen MR) is 100 cm³/mol. The topological polar surface area (TPSA) is 52.7 Å². The maximum Gasteiger partial charge on any atom is 0.471 e. The second-order valence-electron chi connectivity index (χ2n) is 7.57. The third kappa shape index (κ3) is 5.95. The Hall–Kier alpha value is -2.09. The van der Waals surface area contributed by atoms with Gasteiger partial charge in [-0.25, -0.2) is 0 Å². The number of alkyl halides is 3. The van der Waals surface area contributed by atoms with Gasteiger partial charge in [0.15, 0.2) is 0 Å². The molecule has 1 fully saturated rings. The van der Waals surface area contributed by atoms with E-state index in [1.165, 1.54) is 0 Å². The summed E-state index contributed by atoms with van der Waals surface area (Å²) in [7, 11) is 0. The average Bonchev–Trinajstić information content (AvgIpc) is 3.10. The summed E-state index contributed by atoms with van der Waals surface area (Å²) in [6.45, 7) is 7.15. The lowest BCUT2D eigenvalue weighted by Crippen LogP contribution is -2.53. The Kier molecular flexibility index (Phi) is 7.46. The SMILES string of the molecule is CC(CN(Cc1ccccc1)C(C)C)NC(=O)C1CCCN1C(=O)C(F)(F)F. The first kappa shape index (κ1) is 22.2. The van der Waals surface area contributed by atoms with E-state index in [0.717, 1.165) is 5.56 Å². The molecule has 28 heavy (non-hydrogen) atoms. The van der Waals surface area contributed by atoms with Crippen molar-refractivity contribution in [3.63, 3.8) is 0 Å². The zero-order valence-corrected chi connectivity index (χ0v) is 16.5.